The van der Waals surface area contributed by atoms with E-state index in [1.807, 2.05) is 0 Å². The fourth-order valence-electron chi connectivity index (χ4n) is 2.92. The predicted molar refractivity (Wildman–Crippen MR) is 111 cm³/mol. The van der Waals surface area contributed by atoms with Crippen molar-refractivity contribution in [3.8, 4) is 0 Å². The largest absolute Gasteiger partial charge is 0.456 e. The van der Waals surface area contributed by atoms with E-state index in [1.54, 1.807) is 24.3 Å². The number of hydrogen-bond acceptors (Lipinski definition) is 5. The number of esters is 1. The average Bonchev–Trinajstić information content (AvgIpc) is 2.73. The number of ether oxygens (including phenoxy) is 1. The lowest BCUT2D eigenvalue weighted by Gasteiger charge is -2.14. The zero-order chi connectivity index (χ0) is 23.3. The number of nitrogens with zero attached hydrogens (tertiary/aromatic N) is 1. The number of para-hydroxylation sites is 1. The van der Waals surface area contributed by atoms with E-state index >= 15 is 0 Å². The van der Waals surface area contributed by atoms with Gasteiger partial charge in [0.25, 0.3) is 11.5 Å². The van der Waals surface area contributed by atoms with Gasteiger partial charge in [0.2, 0.25) is 0 Å². The Morgan fingerprint density at radius 1 is 1.16 bits per heavy atom. The Labute approximate surface area is 184 Å². The molecule has 0 fully saturated rings. The number of aromatic nitrogens is 2. The minimum atomic E-state index is -4.72. The molecule has 0 saturated heterocycles. The van der Waals surface area contributed by atoms with Crippen LogP contribution >= 0.6 is 11.6 Å². The summed E-state index contributed by atoms with van der Waals surface area (Å²) in [5, 5.41) is 2.38. The van der Waals surface area contributed by atoms with Gasteiger partial charge in [0.15, 0.2) is 6.61 Å². The van der Waals surface area contributed by atoms with E-state index in [9.17, 15) is 27.6 Å². The van der Waals surface area contributed by atoms with Gasteiger partial charge in [-0.3, -0.25) is 14.4 Å². The van der Waals surface area contributed by atoms with Gasteiger partial charge in [0, 0.05) is 17.9 Å². The molecule has 7 nitrogen and oxygen atoms in total. The monoisotopic (exact) mass is 467 g/mol. The number of halogens is 4. The Bertz CT molecular complexity index is 1210. The molecule has 0 atom stereocenters. The van der Waals surface area contributed by atoms with E-state index < -0.39 is 35.9 Å². The molecule has 2 N–H and O–H groups in total. The van der Waals surface area contributed by atoms with Crippen molar-refractivity contribution in [1.82, 2.24) is 9.97 Å². The Balaban J connectivity index is 1.48. The molecule has 32 heavy (non-hydrogen) atoms. The number of anilines is 1. The smallest absolute Gasteiger partial charge is 0.418 e. The number of hydrogen-bond donors (Lipinski definition) is 2. The fourth-order valence-corrected chi connectivity index (χ4v) is 3.09. The standard InChI is InChI=1S/C21H17ClF3N3O4/c22-12-8-9-16(14(10-12)21(23,24)25)27-18(29)11-32-19(30)7-3-6-17-26-15-5-2-1-4-13(15)20(31)28-17/h1-2,4-5,8-10H,3,6-7,11H2,(H,27,29)(H,26,28,31). The molecule has 3 aromatic rings. The fraction of sp³-hybridized carbons (Fsp3) is 0.238. The van der Waals surface area contributed by atoms with Crippen LogP contribution in [0.1, 0.15) is 24.2 Å². The molecule has 1 heterocycles. The number of carbonyl (C=O) groups excluding carboxylic acids is 2. The van der Waals surface area contributed by atoms with Gasteiger partial charge >= 0.3 is 12.1 Å². The summed E-state index contributed by atoms with van der Waals surface area (Å²) in [5.74, 6) is -1.23. The van der Waals surface area contributed by atoms with Crippen LogP contribution in [0.4, 0.5) is 18.9 Å². The summed E-state index contributed by atoms with van der Waals surface area (Å²) in [6, 6.07) is 9.73. The summed E-state index contributed by atoms with van der Waals surface area (Å²) in [7, 11) is 0. The van der Waals surface area contributed by atoms with Crippen molar-refractivity contribution < 1.29 is 27.5 Å². The molecule has 0 saturated carbocycles. The maximum atomic E-state index is 13.1. The summed E-state index contributed by atoms with van der Waals surface area (Å²) in [4.78, 5) is 42.7. The molecule has 0 aliphatic heterocycles. The second kappa shape index (κ2) is 9.82. The van der Waals surface area contributed by atoms with E-state index in [4.69, 9.17) is 16.3 Å². The van der Waals surface area contributed by atoms with Crippen LogP contribution in [-0.4, -0.2) is 28.5 Å². The SMILES string of the molecule is O=C(COC(=O)CCCc1nc2ccccc2c(=O)[nH]1)Nc1ccc(Cl)cc1C(F)(F)F. The number of alkyl halides is 3. The third-order valence-corrected chi connectivity index (χ3v) is 4.62. The highest BCUT2D eigenvalue weighted by molar-refractivity contribution is 6.30. The molecule has 0 bridgehead atoms. The topological polar surface area (TPSA) is 101 Å². The van der Waals surface area contributed by atoms with Crippen molar-refractivity contribution in [2.45, 2.75) is 25.4 Å². The van der Waals surface area contributed by atoms with Gasteiger partial charge in [-0.1, -0.05) is 23.7 Å². The first-order valence-electron chi connectivity index (χ1n) is 9.43. The van der Waals surface area contributed by atoms with Crippen molar-refractivity contribution in [1.29, 1.82) is 0 Å². The van der Waals surface area contributed by atoms with Crippen LogP contribution in [0.5, 0.6) is 0 Å². The molecule has 168 valence electrons. The molecule has 0 unspecified atom stereocenters. The van der Waals surface area contributed by atoms with E-state index in [1.165, 1.54) is 6.07 Å². The number of aromatic amines is 1. The first-order chi connectivity index (χ1) is 15.1. The third kappa shape index (κ3) is 6.07. The lowest BCUT2D eigenvalue weighted by atomic mass is 10.1. The molecular formula is C21H17ClF3N3O4. The van der Waals surface area contributed by atoms with Crippen molar-refractivity contribution >= 4 is 40.1 Å². The van der Waals surface area contributed by atoms with Gasteiger partial charge in [-0.2, -0.15) is 13.2 Å². The minimum Gasteiger partial charge on any atom is -0.456 e. The molecule has 0 aliphatic rings. The van der Waals surface area contributed by atoms with Crippen molar-refractivity contribution in [3.05, 3.63) is 69.2 Å². The van der Waals surface area contributed by atoms with E-state index in [2.05, 4.69) is 15.3 Å². The molecule has 11 heteroatoms. The van der Waals surface area contributed by atoms with Gasteiger partial charge in [0.05, 0.1) is 22.2 Å². The van der Waals surface area contributed by atoms with E-state index in [0.29, 0.717) is 29.2 Å². The van der Waals surface area contributed by atoms with Gasteiger partial charge in [-0.15, -0.1) is 0 Å². The zero-order valence-electron chi connectivity index (χ0n) is 16.5. The van der Waals surface area contributed by atoms with Crippen LogP contribution in [0.2, 0.25) is 5.02 Å². The predicted octanol–water partition coefficient (Wildman–Crippen LogP) is 4.10. The molecule has 3 rings (SSSR count). The van der Waals surface area contributed by atoms with Crippen LogP contribution in [-0.2, 0) is 26.9 Å². The zero-order valence-corrected chi connectivity index (χ0v) is 17.2. The van der Waals surface area contributed by atoms with Crippen LogP contribution in [0.15, 0.2) is 47.3 Å². The van der Waals surface area contributed by atoms with Gasteiger partial charge in [-0.25, -0.2) is 4.98 Å². The maximum Gasteiger partial charge on any atom is 0.418 e. The quantitative estimate of drug-likeness (QED) is 0.509. The van der Waals surface area contributed by atoms with Crippen molar-refractivity contribution in [2.75, 3.05) is 11.9 Å². The summed E-state index contributed by atoms with van der Waals surface area (Å²) in [6.45, 7) is -0.746. The van der Waals surface area contributed by atoms with Crippen LogP contribution in [0, 0.1) is 0 Å². The Hall–Kier alpha value is -3.40. The number of carbonyl (C=O) groups is 2. The number of aryl methyl sites for hydroxylation is 1. The summed E-state index contributed by atoms with van der Waals surface area (Å²) < 4.78 is 44.0. The lowest BCUT2D eigenvalue weighted by Crippen LogP contribution is -2.22. The highest BCUT2D eigenvalue weighted by atomic mass is 35.5. The summed E-state index contributed by atoms with van der Waals surface area (Å²) >= 11 is 5.59. The summed E-state index contributed by atoms with van der Waals surface area (Å²) in [5.41, 5.74) is -1.35. The number of H-pyrrole nitrogens is 1. The van der Waals surface area contributed by atoms with Gasteiger partial charge < -0.3 is 15.0 Å². The maximum absolute atomic E-state index is 13.1. The number of nitrogens with one attached hydrogen (secondary N) is 2. The van der Waals surface area contributed by atoms with Crippen molar-refractivity contribution in [2.24, 2.45) is 0 Å². The first-order valence-corrected chi connectivity index (χ1v) is 9.81. The number of benzene rings is 2. The van der Waals surface area contributed by atoms with Gasteiger partial charge in [0.1, 0.15) is 5.82 Å². The molecule has 0 aliphatic carbocycles. The molecular weight excluding hydrogens is 451 g/mol. The van der Waals surface area contributed by atoms with Gasteiger partial charge in [-0.05, 0) is 36.8 Å². The van der Waals surface area contributed by atoms with E-state index in [0.717, 1.165) is 6.07 Å². The van der Waals surface area contributed by atoms with Crippen molar-refractivity contribution in [3.63, 3.8) is 0 Å². The number of fused-ring (bicyclic) bond motifs is 1. The summed E-state index contributed by atoms with van der Waals surface area (Å²) in [6.07, 6.45) is -4.21. The second-order valence-corrected chi connectivity index (χ2v) is 7.22. The normalized spacial score (nSPS) is 11.4. The first kappa shape index (κ1) is 23.3. The molecule has 1 aromatic heterocycles. The number of rotatable bonds is 7. The molecule has 0 radical (unpaired) electrons. The molecule has 0 spiro atoms. The average molecular weight is 468 g/mol. The van der Waals surface area contributed by atoms with Crippen LogP contribution in [0.25, 0.3) is 10.9 Å². The van der Waals surface area contributed by atoms with Crippen LogP contribution < -0.4 is 10.9 Å². The molecule has 2 aromatic carbocycles. The number of amides is 1. The Morgan fingerprint density at radius 2 is 1.91 bits per heavy atom. The van der Waals surface area contributed by atoms with Crippen LogP contribution in [0.3, 0.4) is 0 Å². The highest BCUT2D eigenvalue weighted by Gasteiger charge is 2.34. The lowest BCUT2D eigenvalue weighted by molar-refractivity contribution is -0.147. The third-order valence-electron chi connectivity index (χ3n) is 4.38. The minimum absolute atomic E-state index is 0.0709. The second-order valence-electron chi connectivity index (χ2n) is 6.78. The Morgan fingerprint density at radius 3 is 2.66 bits per heavy atom. The molecule has 1 amide bonds. The van der Waals surface area contributed by atoms with E-state index in [-0.39, 0.29) is 23.4 Å². The highest BCUT2D eigenvalue weighted by Crippen LogP contribution is 2.36. The Kier molecular flexibility index (Phi) is 7.14.